The van der Waals surface area contributed by atoms with E-state index in [0.717, 1.165) is 22.1 Å². The molecule has 1 aliphatic heterocycles. The molecular formula is C24H22FN3O4. The Morgan fingerprint density at radius 1 is 1.28 bits per heavy atom. The fourth-order valence-corrected chi connectivity index (χ4v) is 4.58. The number of carboxylic acid groups (broad SMARTS) is 1. The van der Waals surface area contributed by atoms with Gasteiger partial charge in [-0.15, -0.1) is 0 Å². The number of fused-ring (bicyclic) bond motifs is 5. The maximum Gasteiger partial charge on any atom is 0.341 e. The van der Waals surface area contributed by atoms with Crippen molar-refractivity contribution in [1.29, 1.82) is 0 Å². The first-order valence-electron chi connectivity index (χ1n) is 10.3. The summed E-state index contributed by atoms with van der Waals surface area (Å²) < 4.78 is 24.9. The number of rotatable bonds is 2. The lowest BCUT2D eigenvalue weighted by atomic mass is 9.79. The lowest BCUT2D eigenvalue weighted by Crippen LogP contribution is -2.34. The number of pyridine rings is 1. The lowest BCUT2D eigenvalue weighted by Gasteiger charge is -2.37. The number of furan rings is 1. The quantitative estimate of drug-likeness (QED) is 0.495. The van der Waals surface area contributed by atoms with Crippen LogP contribution in [0.3, 0.4) is 0 Å². The molecule has 0 bridgehead atoms. The molecule has 1 atom stereocenters. The molecule has 4 heterocycles. The number of benzene rings is 1. The van der Waals surface area contributed by atoms with E-state index in [2.05, 4.69) is 5.10 Å². The van der Waals surface area contributed by atoms with E-state index < -0.39 is 22.8 Å². The van der Waals surface area contributed by atoms with Gasteiger partial charge < -0.3 is 14.1 Å². The molecule has 1 aromatic carbocycles. The van der Waals surface area contributed by atoms with E-state index in [9.17, 15) is 14.7 Å². The average Bonchev–Trinajstić information content (AvgIpc) is 3.31. The van der Waals surface area contributed by atoms with Crippen LogP contribution in [0.25, 0.3) is 33.6 Å². The molecule has 32 heavy (non-hydrogen) atoms. The van der Waals surface area contributed by atoms with Crippen LogP contribution in [0.2, 0.25) is 0 Å². The number of aromatic nitrogens is 3. The summed E-state index contributed by atoms with van der Waals surface area (Å²) in [5.41, 5.74) is 0.994. The predicted octanol–water partition coefficient (Wildman–Crippen LogP) is 4.64. The normalized spacial score (nSPS) is 15.6. The van der Waals surface area contributed by atoms with Crippen molar-refractivity contribution in [2.75, 3.05) is 0 Å². The van der Waals surface area contributed by atoms with Crippen LogP contribution in [-0.4, -0.2) is 25.4 Å². The molecule has 8 heteroatoms. The Labute approximate surface area is 182 Å². The fourth-order valence-electron chi connectivity index (χ4n) is 4.58. The molecule has 0 fully saturated rings. The molecule has 164 valence electrons. The molecular weight excluding hydrogens is 413 g/mol. The lowest BCUT2D eigenvalue weighted by molar-refractivity contribution is 0.0692. The van der Waals surface area contributed by atoms with Crippen molar-refractivity contribution >= 4 is 16.9 Å². The van der Waals surface area contributed by atoms with Crippen LogP contribution in [0.4, 0.5) is 4.39 Å². The molecule has 5 rings (SSSR count). The van der Waals surface area contributed by atoms with Gasteiger partial charge >= 0.3 is 5.97 Å². The predicted molar refractivity (Wildman–Crippen MR) is 117 cm³/mol. The van der Waals surface area contributed by atoms with E-state index in [-0.39, 0.29) is 22.9 Å². The van der Waals surface area contributed by atoms with Gasteiger partial charge in [0, 0.05) is 47.6 Å². The molecule has 0 spiro atoms. The molecule has 0 radical (unpaired) electrons. The summed E-state index contributed by atoms with van der Waals surface area (Å²) in [7, 11) is 1.82. The van der Waals surface area contributed by atoms with Crippen LogP contribution in [0.5, 0.6) is 0 Å². The molecule has 0 unspecified atom stereocenters. The minimum Gasteiger partial charge on any atom is -0.477 e. The van der Waals surface area contributed by atoms with Crippen molar-refractivity contribution < 1.29 is 18.7 Å². The van der Waals surface area contributed by atoms with Gasteiger partial charge in [0.05, 0.1) is 6.20 Å². The molecule has 3 aromatic heterocycles. The maximum absolute atomic E-state index is 15.4. The first kappa shape index (κ1) is 20.2. The van der Waals surface area contributed by atoms with Crippen LogP contribution in [0, 0.1) is 11.2 Å². The number of halogens is 1. The number of hydrogen-bond acceptors (Lipinski definition) is 4. The monoisotopic (exact) mass is 435 g/mol. The third kappa shape index (κ3) is 2.82. The van der Waals surface area contributed by atoms with Crippen molar-refractivity contribution in [3.05, 3.63) is 64.0 Å². The highest BCUT2D eigenvalue weighted by Crippen LogP contribution is 2.48. The Hall–Kier alpha value is -3.68. The van der Waals surface area contributed by atoms with Gasteiger partial charge in [-0.3, -0.25) is 9.48 Å². The minimum absolute atomic E-state index is 0.00508. The zero-order valence-corrected chi connectivity index (χ0v) is 18.1. The van der Waals surface area contributed by atoms with Gasteiger partial charge in [0.25, 0.3) is 0 Å². The summed E-state index contributed by atoms with van der Waals surface area (Å²) in [5, 5.41) is 14.5. The largest absolute Gasteiger partial charge is 0.477 e. The topological polar surface area (TPSA) is 90.3 Å². The molecule has 1 N–H and O–H groups in total. The van der Waals surface area contributed by atoms with Crippen LogP contribution >= 0.6 is 0 Å². The number of para-hydroxylation sites is 1. The second-order valence-corrected chi connectivity index (χ2v) is 9.33. The summed E-state index contributed by atoms with van der Waals surface area (Å²) in [6.07, 6.45) is 5.35. The highest BCUT2D eigenvalue weighted by Gasteiger charge is 2.39. The summed E-state index contributed by atoms with van der Waals surface area (Å²) in [6, 6.07) is 5.47. The number of nitrogens with zero attached hydrogens (tertiary/aromatic N) is 3. The number of carboxylic acids is 1. The highest BCUT2D eigenvalue weighted by atomic mass is 19.1. The number of hydrogen-bond donors (Lipinski definition) is 1. The third-order valence-electron chi connectivity index (χ3n) is 6.19. The molecule has 0 aliphatic carbocycles. The van der Waals surface area contributed by atoms with Crippen molar-refractivity contribution in [1.82, 2.24) is 14.3 Å². The Kier molecular flexibility index (Phi) is 4.21. The fraction of sp³-hybridized carbons (Fsp3) is 0.292. The van der Waals surface area contributed by atoms with Gasteiger partial charge in [-0.2, -0.15) is 5.10 Å². The first-order chi connectivity index (χ1) is 15.1. The Bertz CT molecular complexity index is 1470. The molecule has 0 saturated heterocycles. The summed E-state index contributed by atoms with van der Waals surface area (Å²) in [6.45, 7) is 6.02. The average molecular weight is 435 g/mol. The van der Waals surface area contributed by atoms with Crippen molar-refractivity contribution in [2.24, 2.45) is 12.5 Å². The van der Waals surface area contributed by atoms with E-state index in [1.807, 2.05) is 52.2 Å². The van der Waals surface area contributed by atoms with Crippen LogP contribution in [0.1, 0.15) is 42.7 Å². The number of carbonyl (C=O) groups is 1. The maximum atomic E-state index is 15.4. The van der Waals surface area contributed by atoms with Gasteiger partial charge in [-0.05, 0) is 11.8 Å². The summed E-state index contributed by atoms with van der Waals surface area (Å²) in [4.78, 5) is 24.1. The van der Waals surface area contributed by atoms with Crippen molar-refractivity contribution in [2.45, 2.75) is 33.2 Å². The molecule has 1 aliphatic rings. The molecule has 0 amide bonds. The van der Waals surface area contributed by atoms with Gasteiger partial charge in [0.1, 0.15) is 16.8 Å². The Morgan fingerprint density at radius 2 is 2.03 bits per heavy atom. The summed E-state index contributed by atoms with van der Waals surface area (Å²) >= 11 is 0. The SMILES string of the molecule is Cn1cc(-c2cccc3c4c(oc23)-c2c(F)c(=O)c(C(=O)O)cn2[C@H](C(C)(C)C)C4)cn1. The van der Waals surface area contributed by atoms with Crippen molar-refractivity contribution in [3.8, 4) is 22.6 Å². The molecule has 0 saturated carbocycles. The third-order valence-corrected chi connectivity index (χ3v) is 6.19. The second kappa shape index (κ2) is 6.66. The number of aryl methyl sites for hydroxylation is 1. The van der Waals surface area contributed by atoms with E-state index in [0.29, 0.717) is 12.0 Å². The van der Waals surface area contributed by atoms with Crippen LogP contribution in [-0.2, 0) is 13.5 Å². The van der Waals surface area contributed by atoms with Gasteiger partial charge in [-0.25, -0.2) is 9.18 Å². The van der Waals surface area contributed by atoms with E-state index in [4.69, 9.17) is 4.42 Å². The molecule has 4 aromatic rings. The number of aromatic carboxylic acids is 1. The van der Waals surface area contributed by atoms with Crippen molar-refractivity contribution in [3.63, 3.8) is 0 Å². The Balaban J connectivity index is 1.87. The van der Waals surface area contributed by atoms with Gasteiger partial charge in [-0.1, -0.05) is 39.0 Å². The van der Waals surface area contributed by atoms with E-state index in [1.54, 1.807) is 15.4 Å². The highest BCUT2D eigenvalue weighted by molar-refractivity contribution is 5.98. The molecule has 7 nitrogen and oxygen atoms in total. The van der Waals surface area contributed by atoms with Gasteiger partial charge in [0.15, 0.2) is 11.6 Å². The zero-order chi connectivity index (χ0) is 22.9. The zero-order valence-electron chi connectivity index (χ0n) is 18.1. The van der Waals surface area contributed by atoms with Gasteiger partial charge in [0.2, 0.25) is 5.43 Å². The first-order valence-corrected chi connectivity index (χ1v) is 10.3. The standard InChI is InChI=1S/C24H22FN3O4/c1-24(2,3)17-8-15-14-7-5-6-13(12-9-26-27(4)10-12)21(14)32-22(15)19-18(25)20(29)16(23(30)31)11-28(17)19/h5-7,9-11,17H,8H2,1-4H3,(H,30,31)/t17-/m0/s1. The minimum atomic E-state index is -1.45. The second-order valence-electron chi connectivity index (χ2n) is 9.33. The van der Waals surface area contributed by atoms with Crippen LogP contribution < -0.4 is 5.43 Å². The smallest absolute Gasteiger partial charge is 0.341 e. The van der Waals surface area contributed by atoms with E-state index in [1.165, 1.54) is 6.20 Å². The van der Waals surface area contributed by atoms with E-state index >= 15 is 4.39 Å². The van der Waals surface area contributed by atoms with Crippen LogP contribution in [0.15, 0.2) is 46.0 Å². The Morgan fingerprint density at radius 3 is 2.66 bits per heavy atom. The summed E-state index contributed by atoms with van der Waals surface area (Å²) in [5.74, 6) is -2.29.